The average molecular weight is 728 g/mol. The van der Waals surface area contributed by atoms with Crippen molar-refractivity contribution in [3.05, 3.63) is 200 Å². The number of nitrogens with zero attached hydrogens (tertiary/aromatic N) is 3. The standard InChI is InChI=1S/C53H33N3O/c1-4-16-34(17-5-1)37-22-14-23-38(30-37)46-33-45(35-18-6-2-7-19-35)55-53(56-46)40-25-15-24-39(31-40)52-43-32-48-51(42-27-11-13-29-47(42)57-48)49(36-20-8-3-9-21-36)50(43)41-26-10-12-28-44(41)54-52/h1-33H. The minimum Gasteiger partial charge on any atom is -0.456 e. The molecule has 8 aromatic carbocycles. The van der Waals surface area contributed by atoms with Gasteiger partial charge in [-0.05, 0) is 53.1 Å². The fraction of sp³-hybridized carbons (Fsp3) is 0. The van der Waals surface area contributed by atoms with Crippen LogP contribution in [0.2, 0.25) is 0 Å². The molecule has 0 bridgehead atoms. The number of aromatic nitrogens is 3. The van der Waals surface area contributed by atoms with E-state index in [1.54, 1.807) is 0 Å². The highest BCUT2D eigenvalue weighted by Crippen LogP contribution is 2.46. The third-order valence-corrected chi connectivity index (χ3v) is 10.8. The van der Waals surface area contributed by atoms with Gasteiger partial charge < -0.3 is 4.42 Å². The number of pyridine rings is 1. The topological polar surface area (TPSA) is 51.8 Å². The maximum atomic E-state index is 6.62. The summed E-state index contributed by atoms with van der Waals surface area (Å²) in [7, 11) is 0. The van der Waals surface area contributed by atoms with Crippen molar-refractivity contribution < 1.29 is 4.42 Å². The lowest BCUT2D eigenvalue weighted by Crippen LogP contribution is -1.97. The first-order chi connectivity index (χ1) is 28.2. The Labute approximate surface area is 329 Å². The van der Waals surface area contributed by atoms with E-state index in [-0.39, 0.29) is 0 Å². The van der Waals surface area contributed by atoms with E-state index in [1.165, 1.54) is 0 Å². The van der Waals surface area contributed by atoms with Crippen molar-refractivity contribution in [1.29, 1.82) is 0 Å². The first kappa shape index (κ1) is 32.7. The number of hydrogen-bond acceptors (Lipinski definition) is 4. The first-order valence-corrected chi connectivity index (χ1v) is 19.2. The van der Waals surface area contributed by atoms with Crippen molar-refractivity contribution in [2.75, 3.05) is 0 Å². The highest BCUT2D eigenvalue weighted by atomic mass is 16.3. The Kier molecular flexibility index (Phi) is 7.78. The Bertz CT molecular complexity index is 3280. The first-order valence-electron chi connectivity index (χ1n) is 19.2. The zero-order valence-electron chi connectivity index (χ0n) is 30.8. The molecule has 0 amide bonds. The fourth-order valence-electron chi connectivity index (χ4n) is 8.21. The zero-order valence-corrected chi connectivity index (χ0v) is 30.8. The third-order valence-electron chi connectivity index (χ3n) is 10.8. The lowest BCUT2D eigenvalue weighted by Gasteiger charge is -2.16. The van der Waals surface area contributed by atoms with Gasteiger partial charge in [-0.3, -0.25) is 0 Å². The van der Waals surface area contributed by atoms with Gasteiger partial charge in [0.2, 0.25) is 0 Å². The van der Waals surface area contributed by atoms with Gasteiger partial charge in [-0.1, -0.05) is 164 Å². The van der Waals surface area contributed by atoms with E-state index in [4.69, 9.17) is 19.4 Å². The maximum Gasteiger partial charge on any atom is 0.160 e. The molecule has 4 nitrogen and oxygen atoms in total. The van der Waals surface area contributed by atoms with Gasteiger partial charge >= 0.3 is 0 Å². The van der Waals surface area contributed by atoms with E-state index in [0.717, 1.165) is 105 Å². The van der Waals surface area contributed by atoms with Crippen LogP contribution < -0.4 is 0 Å². The van der Waals surface area contributed by atoms with Crippen LogP contribution in [-0.4, -0.2) is 15.0 Å². The number of para-hydroxylation sites is 2. The summed E-state index contributed by atoms with van der Waals surface area (Å²) >= 11 is 0. The summed E-state index contributed by atoms with van der Waals surface area (Å²) in [5.74, 6) is 0.646. The molecule has 57 heavy (non-hydrogen) atoms. The third kappa shape index (κ3) is 5.74. The molecule has 3 heterocycles. The van der Waals surface area contributed by atoms with Gasteiger partial charge in [0.05, 0.1) is 22.6 Å². The Morgan fingerprint density at radius 1 is 0.316 bits per heavy atom. The van der Waals surface area contributed by atoms with Crippen molar-refractivity contribution in [1.82, 2.24) is 15.0 Å². The molecule has 0 aliphatic rings. The van der Waals surface area contributed by atoms with Crippen LogP contribution in [0.3, 0.4) is 0 Å². The van der Waals surface area contributed by atoms with Gasteiger partial charge in [0.15, 0.2) is 5.82 Å². The van der Waals surface area contributed by atoms with Gasteiger partial charge in [0.1, 0.15) is 11.2 Å². The minimum absolute atomic E-state index is 0.646. The average Bonchev–Trinajstić information content (AvgIpc) is 3.67. The largest absolute Gasteiger partial charge is 0.456 e. The molecule has 0 fully saturated rings. The normalized spacial score (nSPS) is 11.5. The molecule has 0 saturated heterocycles. The second-order valence-electron chi connectivity index (χ2n) is 14.3. The van der Waals surface area contributed by atoms with E-state index >= 15 is 0 Å². The second-order valence-corrected chi connectivity index (χ2v) is 14.3. The van der Waals surface area contributed by atoms with Crippen LogP contribution in [0.25, 0.3) is 111 Å². The van der Waals surface area contributed by atoms with E-state index < -0.39 is 0 Å². The predicted molar refractivity (Wildman–Crippen MR) is 235 cm³/mol. The summed E-state index contributed by atoms with van der Waals surface area (Å²) in [5.41, 5.74) is 13.7. The number of furan rings is 1. The number of rotatable bonds is 6. The Morgan fingerprint density at radius 2 is 0.877 bits per heavy atom. The molecule has 0 aliphatic heterocycles. The van der Waals surface area contributed by atoms with Gasteiger partial charge in [0, 0.05) is 54.7 Å². The summed E-state index contributed by atoms with van der Waals surface area (Å²) in [4.78, 5) is 15.8. The molecule has 0 saturated carbocycles. The molecule has 0 spiro atoms. The maximum absolute atomic E-state index is 6.62. The zero-order chi connectivity index (χ0) is 37.7. The van der Waals surface area contributed by atoms with Crippen LogP contribution in [0.5, 0.6) is 0 Å². The summed E-state index contributed by atoms with van der Waals surface area (Å²) in [6.07, 6.45) is 0. The quantitative estimate of drug-likeness (QED) is 0.160. The molecular weight excluding hydrogens is 695 g/mol. The Hall–Kier alpha value is -7.69. The van der Waals surface area contributed by atoms with Crippen molar-refractivity contribution in [2.45, 2.75) is 0 Å². The molecule has 11 rings (SSSR count). The number of hydrogen-bond donors (Lipinski definition) is 0. The van der Waals surface area contributed by atoms with Crippen LogP contribution in [0, 0.1) is 0 Å². The van der Waals surface area contributed by atoms with Crippen molar-refractivity contribution in [2.24, 2.45) is 0 Å². The Morgan fingerprint density at radius 3 is 1.65 bits per heavy atom. The minimum atomic E-state index is 0.646. The molecule has 0 unspecified atom stereocenters. The lowest BCUT2D eigenvalue weighted by molar-refractivity contribution is 0.669. The summed E-state index contributed by atoms with van der Waals surface area (Å²) in [6.45, 7) is 0. The highest BCUT2D eigenvalue weighted by Gasteiger charge is 2.22. The molecule has 266 valence electrons. The van der Waals surface area contributed by atoms with Crippen LogP contribution in [0.4, 0.5) is 0 Å². The van der Waals surface area contributed by atoms with Crippen molar-refractivity contribution in [3.8, 4) is 67.4 Å². The van der Waals surface area contributed by atoms with E-state index in [9.17, 15) is 0 Å². The van der Waals surface area contributed by atoms with Crippen molar-refractivity contribution in [3.63, 3.8) is 0 Å². The van der Waals surface area contributed by atoms with Crippen LogP contribution >= 0.6 is 0 Å². The van der Waals surface area contributed by atoms with Crippen LogP contribution in [0.1, 0.15) is 0 Å². The molecule has 0 atom stereocenters. The molecule has 3 aromatic heterocycles. The summed E-state index contributed by atoms with van der Waals surface area (Å²) < 4.78 is 6.62. The number of benzene rings is 8. The molecular formula is C53H33N3O. The van der Waals surface area contributed by atoms with Gasteiger partial charge in [-0.2, -0.15) is 0 Å². The van der Waals surface area contributed by atoms with Crippen LogP contribution in [0.15, 0.2) is 205 Å². The highest BCUT2D eigenvalue weighted by molar-refractivity contribution is 6.27. The van der Waals surface area contributed by atoms with Crippen molar-refractivity contribution >= 4 is 43.6 Å². The van der Waals surface area contributed by atoms with Gasteiger partial charge in [-0.15, -0.1) is 0 Å². The lowest BCUT2D eigenvalue weighted by atomic mass is 9.89. The van der Waals surface area contributed by atoms with E-state index in [0.29, 0.717) is 5.82 Å². The Balaban J connectivity index is 1.15. The summed E-state index contributed by atoms with van der Waals surface area (Å²) in [5, 5.41) is 5.47. The van der Waals surface area contributed by atoms with Gasteiger partial charge in [-0.25, -0.2) is 15.0 Å². The van der Waals surface area contributed by atoms with Gasteiger partial charge in [0.25, 0.3) is 0 Å². The molecule has 11 aromatic rings. The molecule has 0 radical (unpaired) electrons. The second kappa shape index (κ2) is 13.6. The van der Waals surface area contributed by atoms with Crippen LogP contribution in [-0.2, 0) is 0 Å². The molecule has 0 aliphatic carbocycles. The molecule has 4 heteroatoms. The fourth-order valence-corrected chi connectivity index (χ4v) is 8.21. The SMILES string of the molecule is c1ccc(-c2cccc(-c3cc(-c4ccccc4)nc(-c4cccc(-c5nc6ccccc6c6c(-c7ccccc7)c7c(cc56)oc5ccccc57)c4)n3)c2)cc1. The summed E-state index contributed by atoms with van der Waals surface area (Å²) in [6, 6.07) is 69.5. The predicted octanol–water partition coefficient (Wildman–Crippen LogP) is 14.1. The smallest absolute Gasteiger partial charge is 0.160 e. The van der Waals surface area contributed by atoms with E-state index in [2.05, 4.69) is 164 Å². The van der Waals surface area contributed by atoms with E-state index in [1.807, 2.05) is 36.4 Å². The number of fused-ring (bicyclic) bond motifs is 6. The molecule has 0 N–H and O–H groups in total. The monoisotopic (exact) mass is 727 g/mol.